The van der Waals surface area contributed by atoms with Crippen molar-refractivity contribution in [2.24, 2.45) is 0 Å². The van der Waals surface area contributed by atoms with Gasteiger partial charge in [-0.05, 0) is 38.5 Å². The number of hydrogen-bond donors (Lipinski definition) is 0. The van der Waals surface area contributed by atoms with E-state index < -0.39 is 0 Å². The standard InChI is InChI=1S/C11H13ClN2/c1-7(2)14-6-8(3)9-4-5-10(12)13-11(9)14/h4-7H,1-3H3. The van der Waals surface area contributed by atoms with Gasteiger partial charge in [-0.2, -0.15) is 0 Å². The van der Waals surface area contributed by atoms with Crippen LogP contribution in [0.5, 0.6) is 0 Å². The van der Waals surface area contributed by atoms with Crippen molar-refractivity contribution in [2.75, 3.05) is 0 Å². The lowest BCUT2D eigenvalue weighted by Gasteiger charge is -2.07. The zero-order chi connectivity index (χ0) is 10.3. The summed E-state index contributed by atoms with van der Waals surface area (Å²) in [6.45, 7) is 6.37. The molecule has 0 aliphatic carbocycles. The summed E-state index contributed by atoms with van der Waals surface area (Å²) in [5, 5.41) is 1.74. The largest absolute Gasteiger partial charge is 0.330 e. The topological polar surface area (TPSA) is 17.8 Å². The SMILES string of the molecule is Cc1cn(C(C)C)c2nc(Cl)ccc12. The molecule has 2 nitrogen and oxygen atoms in total. The summed E-state index contributed by atoms with van der Waals surface area (Å²) in [6.07, 6.45) is 2.12. The maximum absolute atomic E-state index is 5.88. The van der Waals surface area contributed by atoms with Gasteiger partial charge in [0.15, 0.2) is 0 Å². The third-order valence-corrected chi connectivity index (χ3v) is 2.61. The van der Waals surface area contributed by atoms with Crippen molar-refractivity contribution in [2.45, 2.75) is 26.8 Å². The van der Waals surface area contributed by atoms with Crippen LogP contribution in [0, 0.1) is 6.92 Å². The van der Waals surface area contributed by atoms with Gasteiger partial charge in [0.05, 0.1) is 0 Å². The number of aryl methyl sites for hydroxylation is 1. The first-order valence-electron chi connectivity index (χ1n) is 4.73. The van der Waals surface area contributed by atoms with Crippen LogP contribution in [0.25, 0.3) is 11.0 Å². The van der Waals surface area contributed by atoms with Crippen LogP contribution in [-0.2, 0) is 0 Å². The Labute approximate surface area is 88.5 Å². The summed E-state index contributed by atoms with van der Waals surface area (Å²) in [7, 11) is 0. The third kappa shape index (κ3) is 1.40. The maximum atomic E-state index is 5.88. The van der Waals surface area contributed by atoms with Crippen molar-refractivity contribution in [1.82, 2.24) is 9.55 Å². The second-order valence-electron chi connectivity index (χ2n) is 3.82. The van der Waals surface area contributed by atoms with Gasteiger partial charge in [0.2, 0.25) is 0 Å². The molecular formula is C11H13ClN2. The van der Waals surface area contributed by atoms with Gasteiger partial charge >= 0.3 is 0 Å². The minimum atomic E-state index is 0.414. The summed E-state index contributed by atoms with van der Waals surface area (Å²) >= 11 is 5.88. The van der Waals surface area contributed by atoms with Crippen molar-refractivity contribution >= 4 is 22.6 Å². The van der Waals surface area contributed by atoms with Crippen molar-refractivity contribution in [3.8, 4) is 0 Å². The van der Waals surface area contributed by atoms with Gasteiger partial charge in [0.1, 0.15) is 10.8 Å². The second-order valence-corrected chi connectivity index (χ2v) is 4.21. The van der Waals surface area contributed by atoms with E-state index in [1.165, 1.54) is 10.9 Å². The van der Waals surface area contributed by atoms with Gasteiger partial charge in [0.25, 0.3) is 0 Å². The number of rotatable bonds is 1. The molecule has 0 aliphatic rings. The molecule has 14 heavy (non-hydrogen) atoms. The molecule has 0 N–H and O–H groups in total. The molecular weight excluding hydrogens is 196 g/mol. The summed E-state index contributed by atoms with van der Waals surface area (Å²) in [6, 6.07) is 4.28. The Morgan fingerprint density at radius 2 is 2.07 bits per heavy atom. The van der Waals surface area contributed by atoms with Crippen LogP contribution in [0.1, 0.15) is 25.5 Å². The summed E-state index contributed by atoms with van der Waals surface area (Å²) in [5.41, 5.74) is 2.22. The van der Waals surface area contributed by atoms with Gasteiger partial charge < -0.3 is 4.57 Å². The summed E-state index contributed by atoms with van der Waals surface area (Å²) in [5.74, 6) is 0. The summed E-state index contributed by atoms with van der Waals surface area (Å²) < 4.78 is 2.15. The average Bonchev–Trinajstić information content (AvgIpc) is 2.43. The highest BCUT2D eigenvalue weighted by Crippen LogP contribution is 2.23. The van der Waals surface area contributed by atoms with Crippen LogP contribution in [0.15, 0.2) is 18.3 Å². The number of nitrogens with zero attached hydrogens (tertiary/aromatic N) is 2. The molecule has 0 spiro atoms. The van der Waals surface area contributed by atoms with E-state index in [1.807, 2.05) is 12.1 Å². The van der Waals surface area contributed by atoms with E-state index in [1.54, 1.807) is 0 Å². The fraction of sp³-hybridized carbons (Fsp3) is 0.364. The number of pyridine rings is 1. The second kappa shape index (κ2) is 3.28. The van der Waals surface area contributed by atoms with Gasteiger partial charge in [-0.1, -0.05) is 11.6 Å². The first kappa shape index (κ1) is 9.53. The smallest absolute Gasteiger partial charge is 0.142 e. The van der Waals surface area contributed by atoms with E-state index in [0.29, 0.717) is 11.2 Å². The highest BCUT2D eigenvalue weighted by Gasteiger charge is 2.08. The molecule has 2 aromatic heterocycles. The van der Waals surface area contributed by atoms with Crippen LogP contribution in [0.3, 0.4) is 0 Å². The fourth-order valence-corrected chi connectivity index (χ4v) is 1.81. The third-order valence-electron chi connectivity index (χ3n) is 2.40. The lowest BCUT2D eigenvalue weighted by Crippen LogP contribution is -1.99. The molecule has 0 saturated carbocycles. The van der Waals surface area contributed by atoms with Crippen molar-refractivity contribution in [1.29, 1.82) is 0 Å². The number of fused-ring (bicyclic) bond motifs is 1. The zero-order valence-corrected chi connectivity index (χ0v) is 9.34. The van der Waals surface area contributed by atoms with Crippen molar-refractivity contribution in [3.05, 3.63) is 29.0 Å². The van der Waals surface area contributed by atoms with Crippen LogP contribution >= 0.6 is 11.6 Å². The van der Waals surface area contributed by atoms with E-state index in [9.17, 15) is 0 Å². The monoisotopic (exact) mass is 208 g/mol. The predicted octanol–water partition coefficient (Wildman–Crippen LogP) is 3.58. The molecule has 0 fully saturated rings. The van der Waals surface area contributed by atoms with E-state index in [-0.39, 0.29) is 0 Å². The van der Waals surface area contributed by atoms with E-state index in [2.05, 4.69) is 36.5 Å². The fourth-order valence-electron chi connectivity index (χ4n) is 1.66. The minimum absolute atomic E-state index is 0.414. The molecule has 0 amide bonds. The molecule has 0 radical (unpaired) electrons. The van der Waals surface area contributed by atoms with E-state index in [0.717, 1.165) is 5.65 Å². The first-order valence-corrected chi connectivity index (χ1v) is 5.11. The Bertz CT molecular complexity index is 471. The highest BCUT2D eigenvalue weighted by atomic mass is 35.5. The molecule has 74 valence electrons. The Kier molecular flexibility index (Phi) is 2.23. The molecule has 0 bridgehead atoms. The molecule has 2 heterocycles. The quantitative estimate of drug-likeness (QED) is 0.655. The van der Waals surface area contributed by atoms with Crippen LogP contribution < -0.4 is 0 Å². The molecule has 0 aliphatic heterocycles. The Morgan fingerprint density at radius 1 is 1.36 bits per heavy atom. The average molecular weight is 209 g/mol. The van der Waals surface area contributed by atoms with Crippen molar-refractivity contribution < 1.29 is 0 Å². The number of hydrogen-bond acceptors (Lipinski definition) is 1. The zero-order valence-electron chi connectivity index (χ0n) is 8.58. The summed E-state index contributed by atoms with van der Waals surface area (Å²) in [4.78, 5) is 4.35. The van der Waals surface area contributed by atoms with Gasteiger partial charge in [0, 0.05) is 17.6 Å². The Balaban J connectivity index is 2.79. The number of aromatic nitrogens is 2. The van der Waals surface area contributed by atoms with E-state index >= 15 is 0 Å². The normalized spacial score (nSPS) is 11.5. The molecule has 0 unspecified atom stereocenters. The molecule has 3 heteroatoms. The van der Waals surface area contributed by atoms with Gasteiger partial charge in [-0.3, -0.25) is 0 Å². The maximum Gasteiger partial charge on any atom is 0.142 e. The van der Waals surface area contributed by atoms with Gasteiger partial charge in [-0.15, -0.1) is 0 Å². The molecule has 2 rings (SSSR count). The molecule has 2 aromatic rings. The lowest BCUT2D eigenvalue weighted by atomic mass is 10.2. The van der Waals surface area contributed by atoms with Gasteiger partial charge in [-0.25, -0.2) is 4.98 Å². The lowest BCUT2D eigenvalue weighted by molar-refractivity contribution is 0.617. The first-order chi connectivity index (χ1) is 6.59. The number of halogens is 1. The van der Waals surface area contributed by atoms with Crippen LogP contribution in [-0.4, -0.2) is 9.55 Å². The minimum Gasteiger partial charge on any atom is -0.330 e. The molecule has 0 saturated heterocycles. The molecule has 0 atom stereocenters. The predicted molar refractivity (Wildman–Crippen MR) is 59.9 cm³/mol. The Hall–Kier alpha value is -1.02. The highest BCUT2D eigenvalue weighted by molar-refractivity contribution is 6.29. The molecule has 0 aromatic carbocycles. The van der Waals surface area contributed by atoms with E-state index in [4.69, 9.17) is 11.6 Å². The Morgan fingerprint density at radius 3 is 2.71 bits per heavy atom. The van der Waals surface area contributed by atoms with Crippen molar-refractivity contribution in [3.63, 3.8) is 0 Å². The van der Waals surface area contributed by atoms with Crippen LogP contribution in [0.2, 0.25) is 5.15 Å². The van der Waals surface area contributed by atoms with Crippen LogP contribution in [0.4, 0.5) is 0 Å².